The molecule has 0 aromatic heterocycles. The smallest absolute Gasteiger partial charge is 0.335 e. The van der Waals surface area contributed by atoms with Crippen molar-refractivity contribution >= 4 is 5.97 Å². The Bertz CT molecular complexity index is 213. The summed E-state index contributed by atoms with van der Waals surface area (Å²) in [5.74, 6) is -1.78. The van der Waals surface area contributed by atoms with E-state index in [-0.39, 0.29) is 17.1 Å². The number of carboxylic acids is 1. The van der Waals surface area contributed by atoms with E-state index >= 15 is 0 Å². The van der Waals surface area contributed by atoms with Gasteiger partial charge in [0.25, 0.3) is 0 Å². The van der Waals surface area contributed by atoms with Crippen molar-refractivity contribution < 1.29 is 57.6 Å². The van der Waals surface area contributed by atoms with Gasteiger partial charge in [-0.25, -0.2) is 4.79 Å². The molecule has 9 heteroatoms. The Morgan fingerprint density at radius 2 is 1.38 bits per heavy atom. The van der Waals surface area contributed by atoms with Crippen LogP contribution in [-0.2, 0) is 21.9 Å². The molecular weight excluding hydrogens is 268 g/mol. The van der Waals surface area contributed by atoms with E-state index in [2.05, 4.69) is 0 Å². The third-order valence-corrected chi connectivity index (χ3v) is 1.86. The Kier molecular flexibility index (Phi) is 8.98. The topological polar surface area (TPSA) is 159 Å². The van der Waals surface area contributed by atoms with E-state index in [4.69, 9.17) is 35.7 Å². The van der Waals surface area contributed by atoms with Crippen LogP contribution in [0, 0.1) is 0 Å². The molecule has 0 aliphatic rings. The number of aliphatic carboxylic acids is 1. The summed E-state index contributed by atoms with van der Waals surface area (Å²) in [5, 5.41) is 61.5. The van der Waals surface area contributed by atoms with Gasteiger partial charge in [0.1, 0.15) is 24.4 Å². The maximum atomic E-state index is 10.2. The van der Waals surface area contributed by atoms with E-state index in [9.17, 15) is 4.79 Å². The van der Waals surface area contributed by atoms with Gasteiger partial charge >= 0.3 is 5.97 Å². The Labute approximate surface area is 101 Å². The summed E-state index contributed by atoms with van der Waals surface area (Å²) in [5.41, 5.74) is 0. The van der Waals surface area contributed by atoms with Crippen LogP contribution in [0.15, 0.2) is 0 Å². The predicted molar refractivity (Wildman–Crippen MR) is 44.8 cm³/mol. The SMILES string of the molecule is O=C(O)C(O)C(O)C(O)C(O)C(O)CO.[Fe]. The van der Waals surface area contributed by atoms with Gasteiger partial charge in [-0.3, -0.25) is 0 Å². The molecule has 0 aliphatic carbocycles. The van der Waals surface area contributed by atoms with Gasteiger partial charge in [0.15, 0.2) is 6.10 Å². The number of hydrogen-bond donors (Lipinski definition) is 7. The normalized spacial score (nSPS) is 20.1. The van der Waals surface area contributed by atoms with Gasteiger partial charge in [0, 0.05) is 17.1 Å². The van der Waals surface area contributed by atoms with E-state index < -0.39 is 43.1 Å². The van der Waals surface area contributed by atoms with Crippen LogP contribution in [0.1, 0.15) is 0 Å². The molecule has 7 N–H and O–H groups in total. The van der Waals surface area contributed by atoms with E-state index in [0.717, 1.165) is 0 Å². The molecule has 5 atom stereocenters. The summed E-state index contributed by atoms with van der Waals surface area (Å²) in [7, 11) is 0. The Morgan fingerprint density at radius 3 is 1.69 bits per heavy atom. The van der Waals surface area contributed by atoms with Crippen molar-refractivity contribution in [3.63, 3.8) is 0 Å². The van der Waals surface area contributed by atoms with E-state index in [1.807, 2.05) is 0 Å². The summed E-state index contributed by atoms with van der Waals surface area (Å²) < 4.78 is 0. The third-order valence-electron chi connectivity index (χ3n) is 1.86. The van der Waals surface area contributed by atoms with Gasteiger partial charge < -0.3 is 35.7 Å². The monoisotopic (exact) mass is 282 g/mol. The molecule has 0 rings (SSSR count). The second-order valence-corrected chi connectivity index (χ2v) is 3.00. The molecule has 8 nitrogen and oxygen atoms in total. The molecule has 0 aromatic rings. The molecule has 0 saturated carbocycles. The average molecular weight is 282 g/mol. The van der Waals surface area contributed by atoms with Crippen LogP contribution in [0.25, 0.3) is 0 Å². The molecule has 0 heterocycles. The number of rotatable bonds is 6. The molecule has 0 bridgehead atoms. The molecule has 98 valence electrons. The molecule has 0 aromatic carbocycles. The second-order valence-electron chi connectivity index (χ2n) is 3.00. The summed E-state index contributed by atoms with van der Waals surface area (Å²) >= 11 is 0. The maximum absolute atomic E-state index is 10.2. The second kappa shape index (κ2) is 7.93. The predicted octanol–water partition coefficient (Wildman–Crippen LogP) is -4.13. The zero-order chi connectivity index (χ0) is 12.2. The fourth-order valence-corrected chi connectivity index (χ4v) is 0.870. The van der Waals surface area contributed by atoms with Gasteiger partial charge in [0.2, 0.25) is 0 Å². The molecule has 0 spiro atoms. The molecule has 0 aliphatic heterocycles. The molecule has 16 heavy (non-hydrogen) atoms. The van der Waals surface area contributed by atoms with Crippen LogP contribution in [-0.4, -0.2) is 78.8 Å². The zero-order valence-corrected chi connectivity index (χ0v) is 9.09. The van der Waals surface area contributed by atoms with Crippen molar-refractivity contribution in [2.45, 2.75) is 30.5 Å². The molecule has 0 amide bonds. The average Bonchev–Trinajstić information content (AvgIpc) is 2.23. The van der Waals surface area contributed by atoms with Crippen LogP contribution >= 0.6 is 0 Å². The number of carbonyl (C=O) groups is 1. The van der Waals surface area contributed by atoms with Gasteiger partial charge in [-0.2, -0.15) is 0 Å². The fourth-order valence-electron chi connectivity index (χ4n) is 0.870. The fraction of sp³-hybridized carbons (Fsp3) is 0.857. The van der Waals surface area contributed by atoms with Crippen molar-refractivity contribution in [1.29, 1.82) is 0 Å². The van der Waals surface area contributed by atoms with Crippen LogP contribution in [0.4, 0.5) is 0 Å². The molecule has 0 radical (unpaired) electrons. The van der Waals surface area contributed by atoms with Crippen molar-refractivity contribution in [2.75, 3.05) is 6.61 Å². The van der Waals surface area contributed by atoms with Crippen LogP contribution < -0.4 is 0 Å². The molecule has 0 fully saturated rings. The van der Waals surface area contributed by atoms with E-state index in [0.29, 0.717) is 0 Å². The minimum Gasteiger partial charge on any atom is -0.479 e. The number of aliphatic hydroxyl groups is 6. The first-order valence-corrected chi connectivity index (χ1v) is 4.07. The quantitative estimate of drug-likeness (QED) is 0.242. The zero-order valence-electron chi connectivity index (χ0n) is 7.99. The summed E-state index contributed by atoms with van der Waals surface area (Å²) in [6, 6.07) is 0. The number of carboxylic acid groups (broad SMARTS) is 1. The molecule has 0 saturated heterocycles. The van der Waals surface area contributed by atoms with Crippen molar-refractivity contribution in [2.24, 2.45) is 0 Å². The summed E-state index contributed by atoms with van der Waals surface area (Å²) in [4.78, 5) is 10.2. The van der Waals surface area contributed by atoms with Gasteiger partial charge in [0.05, 0.1) is 6.61 Å². The molecule has 5 unspecified atom stereocenters. The van der Waals surface area contributed by atoms with E-state index in [1.54, 1.807) is 0 Å². The van der Waals surface area contributed by atoms with E-state index in [1.165, 1.54) is 0 Å². The number of aliphatic hydroxyl groups excluding tert-OH is 6. The van der Waals surface area contributed by atoms with Crippen molar-refractivity contribution in [1.82, 2.24) is 0 Å². The van der Waals surface area contributed by atoms with Crippen molar-refractivity contribution in [3.8, 4) is 0 Å². The maximum Gasteiger partial charge on any atom is 0.335 e. The van der Waals surface area contributed by atoms with Gasteiger partial charge in [-0.15, -0.1) is 0 Å². The first-order chi connectivity index (χ1) is 6.82. The Hall–Kier alpha value is -0.251. The summed E-state index contributed by atoms with van der Waals surface area (Å²) in [6.45, 7) is -0.881. The Morgan fingerprint density at radius 1 is 0.938 bits per heavy atom. The molecular formula is C7H14FeO8. The first-order valence-electron chi connectivity index (χ1n) is 4.07. The summed E-state index contributed by atoms with van der Waals surface area (Å²) in [6.07, 6.45) is -10.2. The van der Waals surface area contributed by atoms with Crippen LogP contribution in [0.2, 0.25) is 0 Å². The van der Waals surface area contributed by atoms with Gasteiger partial charge in [-0.1, -0.05) is 0 Å². The minimum atomic E-state index is -2.29. The van der Waals surface area contributed by atoms with Crippen molar-refractivity contribution in [3.05, 3.63) is 0 Å². The first kappa shape index (κ1) is 18.1. The minimum absolute atomic E-state index is 0. The van der Waals surface area contributed by atoms with Crippen LogP contribution in [0.5, 0.6) is 0 Å². The van der Waals surface area contributed by atoms with Gasteiger partial charge in [-0.05, 0) is 0 Å². The van der Waals surface area contributed by atoms with Crippen LogP contribution in [0.3, 0.4) is 0 Å². The standard InChI is InChI=1S/C7H14O8.Fe/c8-1-2(9)3(10)4(11)5(12)6(13)7(14)15;/h2-6,8-13H,1H2,(H,14,15);. The third kappa shape index (κ3) is 4.72. The largest absolute Gasteiger partial charge is 0.479 e. The Balaban J connectivity index is 0. The number of hydrogen-bond acceptors (Lipinski definition) is 7.